The van der Waals surface area contributed by atoms with Crippen LogP contribution in [-0.4, -0.2) is 23.5 Å². The van der Waals surface area contributed by atoms with E-state index in [1.807, 2.05) is 13.0 Å². The average Bonchev–Trinajstić information content (AvgIpc) is 2.40. The maximum atomic E-state index is 12.0. The van der Waals surface area contributed by atoms with Crippen molar-refractivity contribution in [3.63, 3.8) is 0 Å². The maximum Gasteiger partial charge on any atom is 0.328 e. The zero-order valence-corrected chi connectivity index (χ0v) is 12.0. The largest absolute Gasteiger partial charge is 0.478 e. The zero-order valence-electron chi connectivity index (χ0n) is 12.0. The van der Waals surface area contributed by atoms with Crippen LogP contribution >= 0.6 is 0 Å². The number of carboxylic acids is 1. The van der Waals surface area contributed by atoms with Gasteiger partial charge in [-0.15, -0.1) is 0 Å². The Kier molecular flexibility index (Phi) is 6.50. The van der Waals surface area contributed by atoms with Crippen LogP contribution in [0.1, 0.15) is 47.7 Å². The quantitative estimate of drug-likeness (QED) is 0.594. The number of nitrogens with one attached hydrogen (secondary N) is 1. The number of unbranched alkanes of at least 4 members (excludes halogenated alkanes) is 2. The van der Waals surface area contributed by atoms with Crippen molar-refractivity contribution < 1.29 is 14.7 Å². The molecule has 0 heterocycles. The molecule has 1 amide bonds. The molecule has 0 radical (unpaired) electrons. The van der Waals surface area contributed by atoms with Crippen LogP contribution in [0.15, 0.2) is 24.3 Å². The van der Waals surface area contributed by atoms with Gasteiger partial charge in [0, 0.05) is 18.2 Å². The van der Waals surface area contributed by atoms with E-state index in [1.165, 1.54) is 6.08 Å². The van der Waals surface area contributed by atoms with E-state index in [1.54, 1.807) is 12.1 Å². The van der Waals surface area contributed by atoms with Gasteiger partial charge in [-0.2, -0.15) is 0 Å². The summed E-state index contributed by atoms with van der Waals surface area (Å²) in [7, 11) is 0. The standard InChI is InChI=1S/C16H21NO3/c1-3-4-5-8-17-16(20)14-10-12(2)9-13(11-14)6-7-15(18)19/h6-7,9-11H,3-5,8H2,1-2H3,(H,17,20)(H,18,19)/b7-6+. The molecule has 0 bridgehead atoms. The van der Waals surface area contributed by atoms with E-state index < -0.39 is 5.97 Å². The summed E-state index contributed by atoms with van der Waals surface area (Å²) >= 11 is 0. The van der Waals surface area contributed by atoms with Gasteiger partial charge in [0.15, 0.2) is 0 Å². The number of hydrogen-bond acceptors (Lipinski definition) is 2. The second-order valence-electron chi connectivity index (χ2n) is 4.77. The Labute approximate surface area is 119 Å². The van der Waals surface area contributed by atoms with Crippen LogP contribution in [0.5, 0.6) is 0 Å². The normalized spacial score (nSPS) is 10.7. The summed E-state index contributed by atoms with van der Waals surface area (Å²) in [5, 5.41) is 11.5. The molecule has 0 aliphatic rings. The van der Waals surface area contributed by atoms with Crippen molar-refractivity contribution >= 4 is 18.0 Å². The van der Waals surface area contributed by atoms with Gasteiger partial charge in [0.2, 0.25) is 0 Å². The lowest BCUT2D eigenvalue weighted by Crippen LogP contribution is -2.24. The summed E-state index contributed by atoms with van der Waals surface area (Å²) in [5.74, 6) is -1.12. The zero-order chi connectivity index (χ0) is 15.0. The highest BCUT2D eigenvalue weighted by atomic mass is 16.4. The first-order valence-electron chi connectivity index (χ1n) is 6.84. The summed E-state index contributed by atoms with van der Waals surface area (Å²) < 4.78 is 0. The van der Waals surface area contributed by atoms with Crippen LogP contribution in [0.3, 0.4) is 0 Å². The molecule has 20 heavy (non-hydrogen) atoms. The summed E-state index contributed by atoms with van der Waals surface area (Å²) in [5.41, 5.74) is 2.20. The van der Waals surface area contributed by atoms with Crippen LogP contribution in [0.4, 0.5) is 0 Å². The molecule has 1 rings (SSSR count). The minimum absolute atomic E-state index is 0.116. The summed E-state index contributed by atoms with van der Waals surface area (Å²) in [6.45, 7) is 4.66. The first-order valence-corrected chi connectivity index (χ1v) is 6.84. The molecule has 0 unspecified atom stereocenters. The van der Waals surface area contributed by atoms with Gasteiger partial charge in [-0.3, -0.25) is 4.79 Å². The minimum Gasteiger partial charge on any atom is -0.478 e. The lowest BCUT2D eigenvalue weighted by atomic mass is 10.1. The predicted molar refractivity (Wildman–Crippen MR) is 79.7 cm³/mol. The molecule has 0 aliphatic carbocycles. The van der Waals surface area contributed by atoms with Gasteiger partial charge < -0.3 is 10.4 Å². The maximum absolute atomic E-state index is 12.0. The number of rotatable bonds is 7. The van der Waals surface area contributed by atoms with Crippen molar-refractivity contribution in [3.05, 3.63) is 41.0 Å². The predicted octanol–water partition coefficient (Wildman–Crippen LogP) is 3.01. The van der Waals surface area contributed by atoms with E-state index >= 15 is 0 Å². The molecule has 0 aliphatic heterocycles. The highest BCUT2D eigenvalue weighted by Gasteiger charge is 2.06. The Morgan fingerprint density at radius 1 is 1.25 bits per heavy atom. The molecule has 1 aromatic rings. The van der Waals surface area contributed by atoms with E-state index in [2.05, 4.69) is 12.2 Å². The third-order valence-electron chi connectivity index (χ3n) is 2.85. The first kappa shape index (κ1) is 16.0. The van der Waals surface area contributed by atoms with Gasteiger partial charge in [0.05, 0.1) is 0 Å². The van der Waals surface area contributed by atoms with Gasteiger partial charge in [-0.05, 0) is 42.7 Å². The molecular formula is C16H21NO3. The molecule has 4 nitrogen and oxygen atoms in total. The van der Waals surface area contributed by atoms with Gasteiger partial charge >= 0.3 is 5.97 Å². The van der Waals surface area contributed by atoms with Gasteiger partial charge in [-0.1, -0.05) is 25.8 Å². The fraction of sp³-hybridized carbons (Fsp3) is 0.375. The van der Waals surface area contributed by atoms with Crippen molar-refractivity contribution in [2.75, 3.05) is 6.54 Å². The Balaban J connectivity index is 2.74. The minimum atomic E-state index is -1.00. The van der Waals surface area contributed by atoms with E-state index in [0.717, 1.165) is 30.9 Å². The van der Waals surface area contributed by atoms with E-state index in [-0.39, 0.29) is 5.91 Å². The topological polar surface area (TPSA) is 66.4 Å². The number of amides is 1. The molecule has 0 saturated heterocycles. The number of benzene rings is 1. The molecule has 0 fully saturated rings. The highest BCUT2D eigenvalue weighted by molar-refractivity contribution is 5.95. The highest BCUT2D eigenvalue weighted by Crippen LogP contribution is 2.11. The van der Waals surface area contributed by atoms with Crippen LogP contribution in [0, 0.1) is 6.92 Å². The SMILES string of the molecule is CCCCCNC(=O)c1cc(C)cc(/C=C/C(=O)O)c1. The Bertz CT molecular complexity index is 506. The monoisotopic (exact) mass is 275 g/mol. The molecule has 0 saturated carbocycles. The fourth-order valence-electron chi connectivity index (χ4n) is 1.89. The van der Waals surface area contributed by atoms with E-state index in [9.17, 15) is 9.59 Å². The fourth-order valence-corrected chi connectivity index (χ4v) is 1.89. The summed E-state index contributed by atoms with van der Waals surface area (Å²) in [4.78, 5) is 22.5. The second kappa shape index (κ2) is 8.15. The number of carboxylic acid groups (broad SMARTS) is 1. The van der Waals surface area contributed by atoms with Crippen molar-refractivity contribution in [1.82, 2.24) is 5.32 Å². The van der Waals surface area contributed by atoms with Crippen molar-refractivity contribution in [2.45, 2.75) is 33.1 Å². The van der Waals surface area contributed by atoms with Crippen molar-refractivity contribution in [3.8, 4) is 0 Å². The molecular weight excluding hydrogens is 254 g/mol. The van der Waals surface area contributed by atoms with E-state index in [4.69, 9.17) is 5.11 Å². The molecule has 1 aromatic carbocycles. The van der Waals surface area contributed by atoms with Gasteiger partial charge in [0.25, 0.3) is 5.91 Å². The third kappa shape index (κ3) is 5.69. The van der Waals surface area contributed by atoms with Crippen molar-refractivity contribution in [2.24, 2.45) is 0 Å². The average molecular weight is 275 g/mol. The molecule has 0 spiro atoms. The lowest BCUT2D eigenvalue weighted by molar-refractivity contribution is -0.131. The molecule has 4 heteroatoms. The Morgan fingerprint density at radius 2 is 2.00 bits per heavy atom. The summed E-state index contributed by atoms with van der Waals surface area (Å²) in [6.07, 6.45) is 5.74. The number of hydrogen-bond donors (Lipinski definition) is 2. The first-order chi connectivity index (χ1) is 9.52. The van der Waals surface area contributed by atoms with Crippen LogP contribution in [-0.2, 0) is 4.79 Å². The lowest BCUT2D eigenvalue weighted by Gasteiger charge is -2.07. The number of carbonyl (C=O) groups is 2. The smallest absolute Gasteiger partial charge is 0.328 e. The second-order valence-corrected chi connectivity index (χ2v) is 4.77. The molecule has 0 atom stereocenters. The Morgan fingerprint density at radius 3 is 2.65 bits per heavy atom. The number of aryl methyl sites for hydroxylation is 1. The van der Waals surface area contributed by atoms with Gasteiger partial charge in [-0.25, -0.2) is 4.79 Å². The molecule has 0 aromatic heterocycles. The number of carbonyl (C=O) groups excluding carboxylic acids is 1. The molecule has 2 N–H and O–H groups in total. The molecule has 108 valence electrons. The Hall–Kier alpha value is -2.10. The summed E-state index contributed by atoms with van der Waals surface area (Å²) in [6, 6.07) is 5.34. The van der Waals surface area contributed by atoms with Crippen LogP contribution in [0.2, 0.25) is 0 Å². The van der Waals surface area contributed by atoms with Crippen LogP contribution < -0.4 is 5.32 Å². The van der Waals surface area contributed by atoms with E-state index in [0.29, 0.717) is 17.7 Å². The van der Waals surface area contributed by atoms with Gasteiger partial charge in [0.1, 0.15) is 0 Å². The van der Waals surface area contributed by atoms with Crippen LogP contribution in [0.25, 0.3) is 6.08 Å². The third-order valence-corrected chi connectivity index (χ3v) is 2.85. The van der Waals surface area contributed by atoms with Crippen molar-refractivity contribution in [1.29, 1.82) is 0 Å². The number of aliphatic carboxylic acids is 1.